The third-order valence-electron chi connectivity index (χ3n) is 1.96. The second kappa shape index (κ2) is 4.87. The number of rotatable bonds is 3. The molecule has 1 saturated heterocycles. The van der Waals surface area contributed by atoms with Gasteiger partial charge in [-0.1, -0.05) is 0 Å². The maximum atomic E-state index is 11.5. The molecule has 0 aromatic carbocycles. The lowest BCUT2D eigenvalue weighted by molar-refractivity contribution is -0.347. The van der Waals surface area contributed by atoms with Crippen LogP contribution in [-0.4, -0.2) is 41.3 Å². The van der Waals surface area contributed by atoms with Crippen LogP contribution in [0.2, 0.25) is 0 Å². The van der Waals surface area contributed by atoms with E-state index >= 15 is 0 Å². The molecule has 0 aromatic heterocycles. The summed E-state index contributed by atoms with van der Waals surface area (Å²) in [5.41, 5.74) is 0. The van der Waals surface area contributed by atoms with E-state index < -0.39 is 24.7 Å². The van der Waals surface area contributed by atoms with Crippen molar-refractivity contribution >= 4 is 12.1 Å². The van der Waals surface area contributed by atoms with Crippen LogP contribution < -0.4 is 0 Å². The first kappa shape index (κ1) is 11.6. The summed E-state index contributed by atoms with van der Waals surface area (Å²) in [7, 11) is 0. The molecule has 1 atom stereocenters. The molecular formula is C7H9F2NO5. The Morgan fingerprint density at radius 1 is 1.47 bits per heavy atom. The second-order valence-electron chi connectivity index (χ2n) is 2.90. The Morgan fingerprint density at radius 3 is 2.67 bits per heavy atom. The van der Waals surface area contributed by atoms with Crippen LogP contribution in [0.4, 0.5) is 13.6 Å². The van der Waals surface area contributed by atoms with Crippen LogP contribution in [0.3, 0.4) is 0 Å². The summed E-state index contributed by atoms with van der Waals surface area (Å²) in [6, 6.07) is -1.03. The molecule has 1 amide bonds. The smallest absolute Gasteiger partial charge is 0.442 e. The SMILES string of the molecule is O=C(O)C1CCCN1C(=O)OOC(F)F. The van der Waals surface area contributed by atoms with E-state index in [1.54, 1.807) is 0 Å². The van der Waals surface area contributed by atoms with E-state index in [2.05, 4.69) is 9.78 Å². The third-order valence-corrected chi connectivity index (χ3v) is 1.96. The molecule has 1 aliphatic rings. The first-order valence-corrected chi connectivity index (χ1v) is 4.17. The molecule has 1 N–H and O–H groups in total. The van der Waals surface area contributed by atoms with Gasteiger partial charge in [-0.05, 0) is 12.8 Å². The zero-order chi connectivity index (χ0) is 11.4. The van der Waals surface area contributed by atoms with Crippen LogP contribution in [0.15, 0.2) is 0 Å². The van der Waals surface area contributed by atoms with Gasteiger partial charge < -0.3 is 5.11 Å². The molecule has 0 bridgehead atoms. The molecule has 1 heterocycles. The quantitative estimate of drug-likeness (QED) is 0.568. The number of alkyl halides is 2. The maximum absolute atomic E-state index is 11.5. The zero-order valence-corrected chi connectivity index (χ0v) is 7.56. The van der Waals surface area contributed by atoms with E-state index in [0.29, 0.717) is 6.42 Å². The number of likely N-dealkylation sites (tertiary alicyclic amines) is 1. The van der Waals surface area contributed by atoms with E-state index in [1.807, 2.05) is 0 Å². The predicted molar refractivity (Wildman–Crippen MR) is 40.9 cm³/mol. The molecule has 1 unspecified atom stereocenters. The van der Waals surface area contributed by atoms with Crippen molar-refractivity contribution in [2.24, 2.45) is 0 Å². The Kier molecular flexibility index (Phi) is 3.78. The summed E-state index contributed by atoms with van der Waals surface area (Å²) in [6.45, 7) is -3.08. The van der Waals surface area contributed by atoms with E-state index in [4.69, 9.17) is 5.11 Å². The fourth-order valence-electron chi connectivity index (χ4n) is 1.37. The molecule has 0 radical (unpaired) electrons. The second-order valence-corrected chi connectivity index (χ2v) is 2.90. The molecule has 0 spiro atoms. The Morgan fingerprint density at radius 2 is 2.13 bits per heavy atom. The first-order valence-electron chi connectivity index (χ1n) is 4.17. The summed E-state index contributed by atoms with van der Waals surface area (Å²) in [5, 5.41) is 8.67. The van der Waals surface area contributed by atoms with Crippen molar-refractivity contribution in [2.75, 3.05) is 6.54 Å². The van der Waals surface area contributed by atoms with E-state index in [-0.39, 0.29) is 13.0 Å². The number of halogens is 2. The number of aliphatic carboxylic acids is 1. The van der Waals surface area contributed by atoms with Crippen molar-refractivity contribution in [2.45, 2.75) is 25.5 Å². The molecule has 1 aliphatic heterocycles. The summed E-state index contributed by atoms with van der Waals surface area (Å²) in [5.74, 6) is -1.19. The Hall–Kier alpha value is -1.44. The van der Waals surface area contributed by atoms with Gasteiger partial charge in [0.2, 0.25) is 0 Å². The molecule has 86 valence electrons. The number of amides is 1. The molecule has 1 rings (SSSR count). The van der Waals surface area contributed by atoms with Crippen LogP contribution in [0, 0.1) is 0 Å². The van der Waals surface area contributed by atoms with Crippen molar-refractivity contribution in [3.05, 3.63) is 0 Å². The third kappa shape index (κ3) is 3.01. The fraction of sp³-hybridized carbons (Fsp3) is 0.714. The van der Waals surface area contributed by atoms with Crippen LogP contribution in [0.1, 0.15) is 12.8 Å². The molecule has 8 heteroatoms. The molecule has 0 saturated carbocycles. The highest BCUT2D eigenvalue weighted by Gasteiger charge is 2.35. The van der Waals surface area contributed by atoms with Crippen LogP contribution in [0.25, 0.3) is 0 Å². The van der Waals surface area contributed by atoms with E-state index in [0.717, 1.165) is 4.90 Å². The summed E-state index contributed by atoms with van der Waals surface area (Å²) < 4.78 is 23.0. The van der Waals surface area contributed by atoms with Crippen LogP contribution in [-0.2, 0) is 14.6 Å². The number of hydrogen-bond acceptors (Lipinski definition) is 4. The predicted octanol–water partition coefficient (Wildman–Crippen LogP) is 0.826. The number of carbonyl (C=O) groups excluding carboxylic acids is 1. The number of hydrogen-bond donors (Lipinski definition) is 1. The van der Waals surface area contributed by atoms with Gasteiger partial charge in [-0.25, -0.2) is 9.59 Å². The first-order chi connectivity index (χ1) is 7.02. The van der Waals surface area contributed by atoms with Gasteiger partial charge in [-0.2, -0.15) is 8.78 Å². The normalized spacial score (nSPS) is 20.7. The topological polar surface area (TPSA) is 76.1 Å². The summed E-state index contributed by atoms with van der Waals surface area (Å²) in [6.07, 6.45) is -0.444. The Bertz CT molecular complexity index is 260. The molecule has 0 aromatic rings. The van der Waals surface area contributed by atoms with Gasteiger partial charge in [0, 0.05) is 6.54 Å². The van der Waals surface area contributed by atoms with Crippen molar-refractivity contribution < 1.29 is 33.3 Å². The maximum Gasteiger partial charge on any atom is 0.442 e. The highest BCUT2D eigenvalue weighted by atomic mass is 19.3. The van der Waals surface area contributed by atoms with Gasteiger partial charge in [0.1, 0.15) is 6.04 Å². The van der Waals surface area contributed by atoms with Gasteiger partial charge in [0.25, 0.3) is 0 Å². The van der Waals surface area contributed by atoms with Gasteiger partial charge in [0.15, 0.2) is 0 Å². The minimum atomic E-state index is -3.24. The minimum Gasteiger partial charge on any atom is -0.480 e. The Labute approximate surface area is 83.3 Å². The standard InChI is InChI=1S/C7H9F2NO5/c8-6(9)14-15-7(13)10-3-1-2-4(10)5(11)12/h4,6H,1-3H2,(H,11,12). The van der Waals surface area contributed by atoms with Gasteiger partial charge in [-0.15, -0.1) is 4.89 Å². The fourth-order valence-corrected chi connectivity index (χ4v) is 1.37. The largest absolute Gasteiger partial charge is 0.480 e. The molecule has 1 fully saturated rings. The van der Waals surface area contributed by atoms with Crippen molar-refractivity contribution in [1.29, 1.82) is 0 Å². The highest BCUT2D eigenvalue weighted by molar-refractivity contribution is 5.80. The molecule has 15 heavy (non-hydrogen) atoms. The summed E-state index contributed by atoms with van der Waals surface area (Å²) >= 11 is 0. The average molecular weight is 225 g/mol. The minimum absolute atomic E-state index is 0.155. The monoisotopic (exact) mass is 225 g/mol. The van der Waals surface area contributed by atoms with Crippen LogP contribution >= 0.6 is 0 Å². The lowest BCUT2D eigenvalue weighted by Gasteiger charge is -2.19. The number of carbonyl (C=O) groups is 2. The highest BCUT2D eigenvalue weighted by Crippen LogP contribution is 2.18. The number of carboxylic acid groups (broad SMARTS) is 1. The number of nitrogens with zero attached hydrogens (tertiary/aromatic N) is 1. The van der Waals surface area contributed by atoms with Crippen molar-refractivity contribution in [3.63, 3.8) is 0 Å². The van der Waals surface area contributed by atoms with Gasteiger partial charge in [0.05, 0.1) is 0 Å². The average Bonchev–Trinajstić information content (AvgIpc) is 2.62. The van der Waals surface area contributed by atoms with Crippen molar-refractivity contribution in [1.82, 2.24) is 4.90 Å². The lowest BCUT2D eigenvalue weighted by atomic mass is 10.2. The lowest BCUT2D eigenvalue weighted by Crippen LogP contribution is -2.40. The Balaban J connectivity index is 2.47. The van der Waals surface area contributed by atoms with Gasteiger partial charge >= 0.3 is 18.7 Å². The van der Waals surface area contributed by atoms with E-state index in [1.165, 1.54) is 0 Å². The van der Waals surface area contributed by atoms with Crippen LogP contribution in [0.5, 0.6) is 0 Å². The van der Waals surface area contributed by atoms with E-state index in [9.17, 15) is 18.4 Å². The summed E-state index contributed by atoms with van der Waals surface area (Å²) in [4.78, 5) is 29.6. The molecular weight excluding hydrogens is 216 g/mol. The number of carboxylic acids is 1. The van der Waals surface area contributed by atoms with Crippen molar-refractivity contribution in [3.8, 4) is 0 Å². The molecule has 6 nitrogen and oxygen atoms in total. The zero-order valence-electron chi connectivity index (χ0n) is 7.56. The van der Waals surface area contributed by atoms with Gasteiger partial charge in [-0.3, -0.25) is 9.79 Å². The molecule has 0 aliphatic carbocycles.